The van der Waals surface area contributed by atoms with Crippen molar-refractivity contribution >= 4 is 29.1 Å². The highest BCUT2D eigenvalue weighted by Crippen LogP contribution is 2.40. The molecule has 0 spiro atoms. The molecule has 0 unspecified atom stereocenters. The van der Waals surface area contributed by atoms with E-state index in [0.29, 0.717) is 39.4 Å². The second kappa shape index (κ2) is 6.82. The van der Waals surface area contributed by atoms with E-state index < -0.39 is 6.04 Å². The Balaban J connectivity index is 1.56. The third kappa shape index (κ3) is 3.07. The summed E-state index contributed by atoms with van der Waals surface area (Å²) in [6.07, 6.45) is 1.45. The fourth-order valence-electron chi connectivity index (χ4n) is 3.51. The molecule has 2 aliphatic rings. The minimum atomic E-state index is -0.476. The Morgan fingerprint density at radius 2 is 2.00 bits per heavy atom. The molecule has 5 rings (SSSR count). The van der Waals surface area contributed by atoms with Crippen molar-refractivity contribution < 1.29 is 14.3 Å². The molecular weight excluding hydrogens is 394 g/mol. The lowest BCUT2D eigenvalue weighted by Crippen LogP contribution is -2.31. The molecule has 3 heterocycles. The van der Waals surface area contributed by atoms with Gasteiger partial charge in [0.25, 0.3) is 5.91 Å². The highest BCUT2D eigenvalue weighted by molar-refractivity contribution is 6.30. The molecule has 0 saturated heterocycles. The molecule has 2 aromatic carbocycles. The van der Waals surface area contributed by atoms with Gasteiger partial charge < -0.3 is 20.1 Å². The van der Waals surface area contributed by atoms with E-state index in [9.17, 15) is 4.79 Å². The number of hydrogen-bond donors (Lipinski definition) is 2. The summed E-state index contributed by atoms with van der Waals surface area (Å²) in [6, 6.07) is 12.1. The van der Waals surface area contributed by atoms with Crippen molar-refractivity contribution in [1.82, 2.24) is 14.8 Å². The van der Waals surface area contributed by atoms with Crippen LogP contribution in [-0.2, 0) is 4.79 Å². The number of benzene rings is 2. The number of carbonyl (C=O) groups is 1. The number of amides is 1. The van der Waals surface area contributed by atoms with Crippen LogP contribution < -0.4 is 20.1 Å². The number of hydrogen-bond acceptors (Lipinski definition) is 6. The van der Waals surface area contributed by atoms with Crippen LogP contribution in [0, 0.1) is 0 Å². The first kappa shape index (κ1) is 17.6. The summed E-state index contributed by atoms with van der Waals surface area (Å²) >= 11 is 5.94. The molecule has 9 heteroatoms. The molecule has 29 heavy (non-hydrogen) atoms. The molecule has 2 aliphatic heterocycles. The fraction of sp³-hybridized carbons (Fsp3) is 0.150. The van der Waals surface area contributed by atoms with Crippen LogP contribution in [0.1, 0.15) is 18.5 Å². The fourth-order valence-corrected chi connectivity index (χ4v) is 3.63. The summed E-state index contributed by atoms with van der Waals surface area (Å²) in [5, 5.41) is 11.0. The van der Waals surface area contributed by atoms with Gasteiger partial charge >= 0.3 is 0 Å². The van der Waals surface area contributed by atoms with Gasteiger partial charge in [-0.15, -0.1) is 0 Å². The zero-order chi connectivity index (χ0) is 20.0. The lowest BCUT2D eigenvalue weighted by Gasteiger charge is -2.28. The van der Waals surface area contributed by atoms with E-state index in [4.69, 9.17) is 21.1 Å². The van der Waals surface area contributed by atoms with E-state index in [1.54, 1.807) is 28.9 Å². The molecule has 0 fully saturated rings. The van der Waals surface area contributed by atoms with Crippen LogP contribution in [-0.4, -0.2) is 27.5 Å². The standard InChI is InChI=1S/C20H16ClN5O3/c1-11-17(19(27)25-14-5-3-13(21)4-6-14)18(26-20(24-11)22-9-23-26)12-2-7-15-16(8-12)29-10-28-15/h2-9,18H,10H2,1H3,(H,25,27)(H,22,23,24)/t18-/m0/s1. The van der Waals surface area contributed by atoms with Gasteiger partial charge in [0.2, 0.25) is 12.7 Å². The molecule has 0 radical (unpaired) electrons. The molecule has 0 aliphatic carbocycles. The number of carbonyl (C=O) groups excluding carboxylic acids is 1. The van der Waals surface area contributed by atoms with Gasteiger partial charge in [-0.25, -0.2) is 4.68 Å². The molecule has 0 saturated carbocycles. The van der Waals surface area contributed by atoms with Crippen LogP contribution in [0.4, 0.5) is 11.6 Å². The van der Waals surface area contributed by atoms with E-state index in [1.165, 1.54) is 6.33 Å². The number of nitrogens with one attached hydrogen (secondary N) is 2. The van der Waals surface area contributed by atoms with Crippen LogP contribution in [0.3, 0.4) is 0 Å². The van der Waals surface area contributed by atoms with E-state index in [-0.39, 0.29) is 12.7 Å². The lowest BCUT2D eigenvalue weighted by atomic mass is 9.94. The highest BCUT2D eigenvalue weighted by Gasteiger charge is 2.34. The van der Waals surface area contributed by atoms with Gasteiger partial charge in [-0.2, -0.15) is 10.1 Å². The average molecular weight is 410 g/mol. The second-order valence-corrected chi connectivity index (χ2v) is 7.10. The van der Waals surface area contributed by atoms with Gasteiger partial charge in [-0.05, 0) is 48.9 Å². The Kier molecular flexibility index (Phi) is 4.13. The molecule has 1 aromatic heterocycles. The third-order valence-corrected chi connectivity index (χ3v) is 5.11. The summed E-state index contributed by atoms with van der Waals surface area (Å²) in [5.74, 6) is 1.63. The normalized spacial score (nSPS) is 17.0. The summed E-state index contributed by atoms with van der Waals surface area (Å²) < 4.78 is 12.6. The molecular formula is C20H16ClN5O3. The van der Waals surface area contributed by atoms with Crippen LogP contribution in [0.15, 0.2) is 60.1 Å². The topological polar surface area (TPSA) is 90.3 Å². The van der Waals surface area contributed by atoms with Crippen LogP contribution in [0.25, 0.3) is 0 Å². The van der Waals surface area contributed by atoms with Crippen LogP contribution in [0.5, 0.6) is 11.5 Å². The van der Waals surface area contributed by atoms with E-state index in [2.05, 4.69) is 20.7 Å². The van der Waals surface area contributed by atoms with Crippen LogP contribution in [0.2, 0.25) is 5.02 Å². The number of fused-ring (bicyclic) bond motifs is 2. The quantitative estimate of drug-likeness (QED) is 0.687. The number of aromatic nitrogens is 3. The molecule has 1 atom stereocenters. The van der Waals surface area contributed by atoms with Crippen molar-refractivity contribution in [3.8, 4) is 11.5 Å². The molecule has 0 bridgehead atoms. The zero-order valence-corrected chi connectivity index (χ0v) is 16.1. The number of halogens is 1. The van der Waals surface area contributed by atoms with Gasteiger partial charge in [-0.3, -0.25) is 4.79 Å². The number of allylic oxidation sites excluding steroid dienone is 1. The SMILES string of the molecule is CC1=C(C(=O)Nc2ccc(Cl)cc2)[C@H](c2ccc3c(c2)OCO3)n2ncnc2N1. The Hall–Kier alpha value is -3.52. The largest absolute Gasteiger partial charge is 0.454 e. The van der Waals surface area contributed by atoms with Gasteiger partial charge in [0.15, 0.2) is 11.5 Å². The van der Waals surface area contributed by atoms with Crippen molar-refractivity contribution in [2.75, 3.05) is 17.4 Å². The predicted molar refractivity (Wildman–Crippen MR) is 107 cm³/mol. The maximum absolute atomic E-state index is 13.3. The van der Waals surface area contributed by atoms with Crippen LogP contribution >= 0.6 is 11.6 Å². The van der Waals surface area contributed by atoms with E-state index in [0.717, 1.165) is 5.56 Å². The molecule has 1 amide bonds. The van der Waals surface area contributed by atoms with Crippen molar-refractivity contribution in [3.63, 3.8) is 0 Å². The zero-order valence-electron chi connectivity index (χ0n) is 15.3. The number of ether oxygens (including phenoxy) is 2. The van der Waals surface area contributed by atoms with E-state index in [1.807, 2.05) is 25.1 Å². The van der Waals surface area contributed by atoms with Gasteiger partial charge in [0, 0.05) is 16.4 Å². The first-order valence-electron chi connectivity index (χ1n) is 8.94. The monoisotopic (exact) mass is 409 g/mol. The minimum absolute atomic E-state index is 0.179. The van der Waals surface area contributed by atoms with Crippen molar-refractivity contribution in [3.05, 3.63) is 70.6 Å². The minimum Gasteiger partial charge on any atom is -0.454 e. The molecule has 146 valence electrons. The first-order chi connectivity index (χ1) is 14.1. The maximum atomic E-state index is 13.3. The third-order valence-electron chi connectivity index (χ3n) is 4.85. The van der Waals surface area contributed by atoms with Gasteiger partial charge in [0.1, 0.15) is 12.4 Å². The predicted octanol–water partition coefficient (Wildman–Crippen LogP) is 3.59. The summed E-state index contributed by atoms with van der Waals surface area (Å²) in [7, 11) is 0. The molecule has 2 N–H and O–H groups in total. The molecule has 3 aromatic rings. The smallest absolute Gasteiger partial charge is 0.255 e. The average Bonchev–Trinajstić information content (AvgIpc) is 3.36. The van der Waals surface area contributed by atoms with Gasteiger partial charge in [-0.1, -0.05) is 17.7 Å². The summed E-state index contributed by atoms with van der Waals surface area (Å²) in [6.45, 7) is 2.02. The van der Waals surface area contributed by atoms with Gasteiger partial charge in [0.05, 0.1) is 5.57 Å². The number of rotatable bonds is 3. The Morgan fingerprint density at radius 3 is 2.83 bits per heavy atom. The Bertz CT molecular complexity index is 1140. The lowest BCUT2D eigenvalue weighted by molar-refractivity contribution is -0.113. The maximum Gasteiger partial charge on any atom is 0.255 e. The number of nitrogens with zero attached hydrogens (tertiary/aromatic N) is 3. The number of anilines is 2. The van der Waals surface area contributed by atoms with Crippen molar-refractivity contribution in [1.29, 1.82) is 0 Å². The Labute approximate surface area is 171 Å². The highest BCUT2D eigenvalue weighted by atomic mass is 35.5. The van der Waals surface area contributed by atoms with E-state index >= 15 is 0 Å². The van der Waals surface area contributed by atoms with Crippen molar-refractivity contribution in [2.24, 2.45) is 0 Å². The Morgan fingerprint density at radius 1 is 1.21 bits per heavy atom. The summed E-state index contributed by atoms with van der Waals surface area (Å²) in [5.41, 5.74) is 2.70. The second-order valence-electron chi connectivity index (χ2n) is 6.67. The first-order valence-corrected chi connectivity index (χ1v) is 9.32. The van der Waals surface area contributed by atoms with Crippen molar-refractivity contribution in [2.45, 2.75) is 13.0 Å². The molecule has 8 nitrogen and oxygen atoms in total. The summed E-state index contributed by atoms with van der Waals surface area (Å²) in [4.78, 5) is 17.5.